The van der Waals surface area contributed by atoms with Crippen molar-refractivity contribution in [1.82, 2.24) is 0 Å². The van der Waals surface area contributed by atoms with Gasteiger partial charge in [0.15, 0.2) is 0 Å². The molecule has 1 aromatic carbocycles. The van der Waals surface area contributed by atoms with Crippen molar-refractivity contribution in [1.29, 1.82) is 0 Å². The van der Waals surface area contributed by atoms with Crippen molar-refractivity contribution in [2.24, 2.45) is 0 Å². The monoisotopic (exact) mass is 146 g/mol. The fourth-order valence-electron chi connectivity index (χ4n) is 1.12. The Morgan fingerprint density at radius 1 is 1.00 bits per heavy atom. The van der Waals surface area contributed by atoms with E-state index in [0.717, 1.165) is 19.3 Å². The molecule has 0 N–H and O–H groups in total. The highest BCUT2D eigenvalue weighted by Gasteiger charge is 1.89. The van der Waals surface area contributed by atoms with Crippen LogP contribution >= 0.6 is 0 Å². The summed E-state index contributed by atoms with van der Waals surface area (Å²) < 4.78 is 0. The van der Waals surface area contributed by atoms with E-state index >= 15 is 0 Å². The van der Waals surface area contributed by atoms with Crippen LogP contribution in [-0.2, 0) is 6.42 Å². The summed E-state index contributed by atoms with van der Waals surface area (Å²) in [6.07, 6.45) is 4.32. The molecular weight excluding hydrogens is 132 g/mol. The quantitative estimate of drug-likeness (QED) is 0.572. The lowest BCUT2D eigenvalue weighted by Gasteiger charge is -1.98. The molecule has 0 aliphatic heterocycles. The standard InChI is InChI=1S/C11H14/c1-2-3-5-8-11-9-6-4-7-10-11/h1,4,6-7,9-10H,2-3,5,8H2. The van der Waals surface area contributed by atoms with Gasteiger partial charge in [-0.25, -0.2) is 0 Å². The Morgan fingerprint density at radius 2 is 1.73 bits per heavy atom. The minimum absolute atomic E-state index is 0.812. The van der Waals surface area contributed by atoms with Crippen molar-refractivity contribution in [2.75, 3.05) is 0 Å². The summed E-state index contributed by atoms with van der Waals surface area (Å²) in [5.74, 6) is 0. The van der Waals surface area contributed by atoms with Crippen LogP contribution in [0.2, 0.25) is 0 Å². The van der Waals surface area contributed by atoms with Crippen LogP contribution in [0.1, 0.15) is 24.8 Å². The van der Waals surface area contributed by atoms with Gasteiger partial charge in [-0.2, -0.15) is 0 Å². The van der Waals surface area contributed by atoms with E-state index < -0.39 is 0 Å². The van der Waals surface area contributed by atoms with E-state index in [4.69, 9.17) is 6.92 Å². The van der Waals surface area contributed by atoms with Gasteiger partial charge in [0, 0.05) is 0 Å². The van der Waals surface area contributed by atoms with Crippen LogP contribution in [0.25, 0.3) is 0 Å². The lowest BCUT2D eigenvalue weighted by atomic mass is 10.1. The van der Waals surface area contributed by atoms with Gasteiger partial charge in [-0.3, -0.25) is 0 Å². The van der Waals surface area contributed by atoms with Crippen molar-refractivity contribution < 1.29 is 0 Å². The number of aryl methyl sites for hydroxylation is 1. The number of hydrogen-bond acceptors (Lipinski definition) is 0. The Labute approximate surface area is 69.3 Å². The second-order valence-corrected chi connectivity index (χ2v) is 2.73. The Kier molecular flexibility index (Phi) is 3.74. The molecule has 0 spiro atoms. The number of hydrogen-bond donors (Lipinski definition) is 0. The van der Waals surface area contributed by atoms with Crippen LogP contribution in [0.3, 0.4) is 0 Å². The number of benzene rings is 1. The lowest BCUT2D eigenvalue weighted by molar-refractivity contribution is 0.746. The van der Waals surface area contributed by atoms with Gasteiger partial charge in [0.05, 0.1) is 0 Å². The molecule has 0 saturated carbocycles. The highest BCUT2D eigenvalue weighted by Crippen LogP contribution is 2.05. The minimum Gasteiger partial charge on any atom is -0.0622 e. The van der Waals surface area contributed by atoms with Crippen LogP contribution in [0.15, 0.2) is 30.3 Å². The van der Waals surface area contributed by atoms with Crippen molar-refractivity contribution >= 4 is 0 Å². The van der Waals surface area contributed by atoms with Crippen LogP contribution < -0.4 is 0 Å². The summed E-state index contributed by atoms with van der Waals surface area (Å²) in [6, 6.07) is 10.5. The molecule has 0 aromatic heterocycles. The summed E-state index contributed by atoms with van der Waals surface area (Å²) in [4.78, 5) is 0. The fourth-order valence-corrected chi connectivity index (χ4v) is 1.12. The summed E-state index contributed by atoms with van der Waals surface area (Å²) in [5.41, 5.74) is 1.42. The number of unbranched alkanes of at least 4 members (excludes halogenated alkanes) is 2. The van der Waals surface area contributed by atoms with Crippen molar-refractivity contribution in [2.45, 2.75) is 25.7 Å². The third kappa shape index (κ3) is 3.22. The van der Waals surface area contributed by atoms with Crippen LogP contribution in [0.5, 0.6) is 0 Å². The van der Waals surface area contributed by atoms with E-state index in [2.05, 4.69) is 24.3 Å². The average molecular weight is 146 g/mol. The maximum Gasteiger partial charge on any atom is -0.0279 e. The van der Waals surface area contributed by atoms with E-state index in [0.29, 0.717) is 0 Å². The van der Waals surface area contributed by atoms with E-state index in [1.165, 1.54) is 12.0 Å². The minimum atomic E-state index is 0.812. The first kappa shape index (κ1) is 8.32. The third-order valence-electron chi connectivity index (χ3n) is 1.76. The maximum atomic E-state index is 5.39. The van der Waals surface area contributed by atoms with Crippen molar-refractivity contribution in [3.63, 3.8) is 0 Å². The zero-order valence-corrected chi connectivity index (χ0v) is 6.79. The van der Waals surface area contributed by atoms with Gasteiger partial charge in [0.1, 0.15) is 0 Å². The molecule has 0 bridgehead atoms. The summed E-state index contributed by atoms with van der Waals surface area (Å²) in [5, 5.41) is 0. The summed E-state index contributed by atoms with van der Waals surface area (Å²) in [7, 11) is 0. The SMILES string of the molecule is [CH]CCCCc1ccccc1. The van der Waals surface area contributed by atoms with Crippen molar-refractivity contribution in [3.05, 3.63) is 42.8 Å². The predicted molar refractivity (Wildman–Crippen MR) is 48.3 cm³/mol. The molecule has 0 aliphatic rings. The second-order valence-electron chi connectivity index (χ2n) is 2.73. The molecule has 0 fully saturated rings. The van der Waals surface area contributed by atoms with Crippen LogP contribution in [0, 0.1) is 6.92 Å². The van der Waals surface area contributed by atoms with Crippen molar-refractivity contribution in [3.8, 4) is 0 Å². The van der Waals surface area contributed by atoms with Gasteiger partial charge in [-0.15, -0.1) is 0 Å². The maximum absolute atomic E-state index is 5.39. The third-order valence-corrected chi connectivity index (χ3v) is 1.76. The van der Waals surface area contributed by atoms with E-state index in [1.807, 2.05) is 6.07 Å². The molecule has 58 valence electrons. The molecule has 2 radical (unpaired) electrons. The first-order chi connectivity index (χ1) is 5.43. The van der Waals surface area contributed by atoms with E-state index in [1.54, 1.807) is 0 Å². The van der Waals surface area contributed by atoms with Gasteiger partial charge >= 0.3 is 0 Å². The zero-order valence-electron chi connectivity index (χ0n) is 6.79. The highest BCUT2D eigenvalue weighted by atomic mass is 13.9. The molecule has 0 heterocycles. The molecule has 0 atom stereocenters. The Morgan fingerprint density at radius 3 is 2.36 bits per heavy atom. The predicted octanol–water partition coefficient (Wildman–Crippen LogP) is 3.11. The molecule has 0 amide bonds. The molecule has 1 aromatic rings. The molecule has 1 rings (SSSR count). The molecule has 0 saturated heterocycles. The molecular formula is C11H14. The van der Waals surface area contributed by atoms with E-state index in [-0.39, 0.29) is 0 Å². The first-order valence-corrected chi connectivity index (χ1v) is 4.17. The molecule has 0 nitrogen and oxygen atoms in total. The van der Waals surface area contributed by atoms with Gasteiger partial charge in [-0.05, 0) is 31.7 Å². The Hall–Kier alpha value is -0.780. The molecule has 0 heteroatoms. The molecule has 0 unspecified atom stereocenters. The Balaban J connectivity index is 2.28. The fraction of sp³-hybridized carbons (Fsp3) is 0.364. The topological polar surface area (TPSA) is 0 Å². The van der Waals surface area contributed by atoms with Crippen LogP contribution in [0.4, 0.5) is 0 Å². The average Bonchev–Trinajstić information content (AvgIpc) is 2.07. The largest absolute Gasteiger partial charge is 0.0622 e. The van der Waals surface area contributed by atoms with Gasteiger partial charge in [0.2, 0.25) is 0 Å². The lowest BCUT2D eigenvalue weighted by Crippen LogP contribution is -1.83. The Bertz CT molecular complexity index is 176. The smallest absolute Gasteiger partial charge is 0.0279 e. The van der Waals surface area contributed by atoms with E-state index in [9.17, 15) is 0 Å². The summed E-state index contributed by atoms with van der Waals surface area (Å²) in [6.45, 7) is 5.39. The normalized spacial score (nSPS) is 9.91. The van der Waals surface area contributed by atoms with Gasteiger partial charge < -0.3 is 0 Å². The van der Waals surface area contributed by atoms with Gasteiger partial charge in [-0.1, -0.05) is 36.8 Å². The molecule has 0 aliphatic carbocycles. The second kappa shape index (κ2) is 4.95. The van der Waals surface area contributed by atoms with Crippen LogP contribution in [-0.4, -0.2) is 0 Å². The number of rotatable bonds is 4. The summed E-state index contributed by atoms with van der Waals surface area (Å²) >= 11 is 0. The van der Waals surface area contributed by atoms with Gasteiger partial charge in [0.25, 0.3) is 0 Å². The first-order valence-electron chi connectivity index (χ1n) is 4.17. The highest BCUT2D eigenvalue weighted by molar-refractivity contribution is 5.14. The zero-order chi connectivity index (χ0) is 7.94. The molecule has 11 heavy (non-hydrogen) atoms.